The highest BCUT2D eigenvalue weighted by Gasteiger charge is 2.15. The van der Waals surface area contributed by atoms with E-state index in [4.69, 9.17) is 4.74 Å². The summed E-state index contributed by atoms with van der Waals surface area (Å²) in [5.74, 6) is 0.908. The largest absolute Gasteiger partial charge is 0.496 e. The molecule has 0 saturated heterocycles. The molecule has 0 spiro atoms. The molecule has 10 heteroatoms. The number of nitrogens with one attached hydrogen (secondary N) is 3. The van der Waals surface area contributed by atoms with E-state index >= 15 is 0 Å². The molecule has 0 fully saturated rings. The summed E-state index contributed by atoms with van der Waals surface area (Å²) in [6, 6.07) is 4.56. The normalized spacial score (nSPS) is 10.2. The predicted octanol–water partition coefficient (Wildman–Crippen LogP) is 1.43. The van der Waals surface area contributed by atoms with Gasteiger partial charge in [0.1, 0.15) is 10.8 Å². The summed E-state index contributed by atoms with van der Waals surface area (Å²) < 4.78 is 5.20. The van der Waals surface area contributed by atoms with Gasteiger partial charge in [0.05, 0.1) is 18.9 Å². The first-order chi connectivity index (χ1) is 12.0. The lowest BCUT2D eigenvalue weighted by molar-refractivity contribution is 0.0824. The van der Waals surface area contributed by atoms with Crippen molar-refractivity contribution in [2.45, 2.75) is 5.03 Å². The van der Waals surface area contributed by atoms with Gasteiger partial charge >= 0.3 is 6.03 Å². The first-order valence-electron chi connectivity index (χ1n) is 7.44. The number of amides is 3. The molecule has 0 aliphatic heterocycles. The zero-order valence-corrected chi connectivity index (χ0v) is 15.0. The number of H-pyrrole nitrogens is 1. The van der Waals surface area contributed by atoms with Crippen molar-refractivity contribution in [1.82, 2.24) is 25.6 Å². The van der Waals surface area contributed by atoms with E-state index in [1.165, 1.54) is 23.8 Å². The number of carbonyl (C=O) groups excluding carboxylic acids is 2. The zero-order chi connectivity index (χ0) is 18.2. The molecule has 1 aromatic heterocycles. The lowest BCUT2D eigenvalue weighted by Crippen LogP contribution is -2.30. The van der Waals surface area contributed by atoms with Crippen LogP contribution in [0.2, 0.25) is 0 Å². The van der Waals surface area contributed by atoms with Crippen LogP contribution in [-0.4, -0.2) is 65.8 Å². The Morgan fingerprint density at radius 1 is 1.36 bits per heavy atom. The minimum Gasteiger partial charge on any atom is -0.496 e. The van der Waals surface area contributed by atoms with Gasteiger partial charge in [-0.2, -0.15) is 10.3 Å². The lowest BCUT2D eigenvalue weighted by atomic mass is 10.1. The summed E-state index contributed by atoms with van der Waals surface area (Å²) in [7, 11) is 4.80. The van der Waals surface area contributed by atoms with Gasteiger partial charge in [-0.1, -0.05) is 0 Å². The number of rotatable bonds is 7. The number of ether oxygens (including phenoxy) is 1. The average molecular weight is 364 g/mol. The Bertz CT molecular complexity index is 720. The van der Waals surface area contributed by atoms with Crippen LogP contribution in [0, 0.1) is 0 Å². The van der Waals surface area contributed by atoms with Crippen LogP contribution < -0.4 is 15.4 Å². The number of urea groups is 1. The minimum atomic E-state index is -0.353. The molecular formula is C15H20N6O3S. The highest BCUT2D eigenvalue weighted by molar-refractivity contribution is 7.99. The van der Waals surface area contributed by atoms with Crippen LogP contribution in [0.5, 0.6) is 5.75 Å². The van der Waals surface area contributed by atoms with Crippen LogP contribution in [-0.2, 0) is 0 Å². The second-order valence-electron chi connectivity index (χ2n) is 5.15. The van der Waals surface area contributed by atoms with Crippen molar-refractivity contribution in [3.8, 4) is 5.75 Å². The van der Waals surface area contributed by atoms with Gasteiger partial charge in [0, 0.05) is 32.1 Å². The van der Waals surface area contributed by atoms with E-state index in [2.05, 4.69) is 26.0 Å². The third-order valence-corrected chi connectivity index (χ3v) is 4.03. The Labute approximate surface area is 149 Å². The Kier molecular flexibility index (Phi) is 6.63. The smallest absolute Gasteiger partial charge is 0.319 e. The molecule has 0 unspecified atom stereocenters. The van der Waals surface area contributed by atoms with Crippen LogP contribution in [0.1, 0.15) is 10.4 Å². The van der Waals surface area contributed by atoms with Crippen molar-refractivity contribution in [1.29, 1.82) is 0 Å². The van der Waals surface area contributed by atoms with Crippen LogP contribution in [0.3, 0.4) is 0 Å². The Morgan fingerprint density at radius 2 is 2.16 bits per heavy atom. The Hall–Kier alpha value is -2.75. The van der Waals surface area contributed by atoms with E-state index in [0.29, 0.717) is 29.3 Å². The summed E-state index contributed by atoms with van der Waals surface area (Å²) in [6.45, 7) is 0.461. The summed E-state index contributed by atoms with van der Waals surface area (Å²) >= 11 is 1.48. The quantitative estimate of drug-likeness (QED) is 0.506. The number of methoxy groups -OCH3 is 1. The number of hydrogen-bond acceptors (Lipinski definition) is 6. The molecule has 0 bridgehead atoms. The Balaban J connectivity index is 1.89. The van der Waals surface area contributed by atoms with Gasteiger partial charge in [0.15, 0.2) is 0 Å². The van der Waals surface area contributed by atoms with E-state index in [0.717, 1.165) is 5.03 Å². The lowest BCUT2D eigenvalue weighted by Gasteiger charge is -2.15. The van der Waals surface area contributed by atoms with Gasteiger partial charge in [-0.05, 0) is 18.2 Å². The van der Waals surface area contributed by atoms with Crippen LogP contribution in [0.25, 0.3) is 0 Å². The molecule has 3 amide bonds. The summed E-state index contributed by atoms with van der Waals surface area (Å²) in [6.07, 6.45) is 1.62. The van der Waals surface area contributed by atoms with Gasteiger partial charge < -0.3 is 20.3 Å². The van der Waals surface area contributed by atoms with Crippen molar-refractivity contribution in [3.05, 3.63) is 30.0 Å². The van der Waals surface area contributed by atoms with Crippen LogP contribution in [0.4, 0.5) is 10.5 Å². The van der Waals surface area contributed by atoms with Gasteiger partial charge in [-0.15, -0.1) is 16.9 Å². The van der Waals surface area contributed by atoms with Gasteiger partial charge in [-0.3, -0.25) is 4.79 Å². The van der Waals surface area contributed by atoms with Crippen molar-refractivity contribution in [2.24, 2.45) is 0 Å². The molecule has 134 valence electrons. The van der Waals surface area contributed by atoms with E-state index in [1.807, 2.05) is 0 Å². The number of aromatic amines is 1. The second kappa shape index (κ2) is 8.92. The van der Waals surface area contributed by atoms with E-state index in [-0.39, 0.29) is 11.9 Å². The zero-order valence-electron chi connectivity index (χ0n) is 14.2. The molecule has 1 heterocycles. The number of thioether (sulfide) groups is 1. The van der Waals surface area contributed by atoms with Gasteiger partial charge in [0.2, 0.25) is 0 Å². The third-order valence-electron chi connectivity index (χ3n) is 3.12. The van der Waals surface area contributed by atoms with E-state index in [1.54, 1.807) is 38.5 Å². The molecule has 0 aliphatic carbocycles. The molecule has 0 atom stereocenters. The number of benzene rings is 1. The van der Waals surface area contributed by atoms with Crippen molar-refractivity contribution >= 4 is 29.4 Å². The number of anilines is 1. The fraction of sp³-hybridized carbons (Fsp3) is 0.333. The predicted molar refractivity (Wildman–Crippen MR) is 95.1 cm³/mol. The SMILES string of the molecule is COc1ccc(NC(=O)NCCSc2cn[nH]n2)cc1C(=O)N(C)C. The average Bonchev–Trinajstić information content (AvgIpc) is 3.11. The van der Waals surface area contributed by atoms with Crippen LogP contribution in [0.15, 0.2) is 29.4 Å². The van der Waals surface area contributed by atoms with E-state index < -0.39 is 0 Å². The molecular weight excluding hydrogens is 344 g/mol. The van der Waals surface area contributed by atoms with Crippen molar-refractivity contribution in [2.75, 3.05) is 38.8 Å². The van der Waals surface area contributed by atoms with Crippen molar-refractivity contribution < 1.29 is 14.3 Å². The molecule has 1 aromatic carbocycles. The topological polar surface area (TPSA) is 112 Å². The molecule has 0 saturated carbocycles. The van der Waals surface area contributed by atoms with Crippen LogP contribution >= 0.6 is 11.8 Å². The first kappa shape index (κ1) is 18.6. The maximum absolute atomic E-state index is 12.2. The van der Waals surface area contributed by atoms with E-state index in [9.17, 15) is 9.59 Å². The molecule has 9 nitrogen and oxygen atoms in total. The number of carbonyl (C=O) groups is 2. The number of nitrogens with zero attached hydrogens (tertiary/aromatic N) is 3. The fourth-order valence-corrected chi connectivity index (χ4v) is 2.60. The first-order valence-corrected chi connectivity index (χ1v) is 8.43. The molecule has 2 aromatic rings. The van der Waals surface area contributed by atoms with Gasteiger partial charge in [-0.25, -0.2) is 4.79 Å². The maximum atomic E-state index is 12.2. The third kappa shape index (κ3) is 5.38. The Morgan fingerprint density at radius 3 is 2.80 bits per heavy atom. The molecule has 25 heavy (non-hydrogen) atoms. The maximum Gasteiger partial charge on any atom is 0.319 e. The monoisotopic (exact) mass is 364 g/mol. The number of aromatic nitrogens is 3. The molecule has 0 aliphatic rings. The number of hydrogen-bond donors (Lipinski definition) is 3. The highest BCUT2D eigenvalue weighted by atomic mass is 32.2. The summed E-state index contributed by atoms with van der Waals surface area (Å²) in [5.41, 5.74) is 0.888. The summed E-state index contributed by atoms with van der Waals surface area (Å²) in [5, 5.41) is 16.3. The molecule has 3 N–H and O–H groups in total. The summed E-state index contributed by atoms with van der Waals surface area (Å²) in [4.78, 5) is 25.6. The standard InChI is InChI=1S/C15H20N6O3S/c1-21(2)14(22)11-8-10(4-5-12(11)24-3)18-15(23)16-6-7-25-13-9-17-20-19-13/h4-5,8-9H,6-7H2,1-3H3,(H2,16,18,23)(H,17,19,20). The highest BCUT2D eigenvalue weighted by Crippen LogP contribution is 2.23. The molecule has 0 radical (unpaired) electrons. The van der Waals surface area contributed by atoms with Gasteiger partial charge in [0.25, 0.3) is 5.91 Å². The second-order valence-corrected chi connectivity index (χ2v) is 6.27. The fourth-order valence-electron chi connectivity index (χ4n) is 1.95. The molecule has 2 rings (SSSR count). The van der Waals surface area contributed by atoms with Crippen molar-refractivity contribution in [3.63, 3.8) is 0 Å². The minimum absolute atomic E-state index is 0.204.